The van der Waals surface area contributed by atoms with Gasteiger partial charge in [0.05, 0.1) is 6.61 Å². The van der Waals surface area contributed by atoms with Crippen molar-refractivity contribution in [3.05, 3.63) is 0 Å². The van der Waals surface area contributed by atoms with Crippen LogP contribution in [0.25, 0.3) is 0 Å². The van der Waals surface area contributed by atoms with Gasteiger partial charge < -0.3 is 25.2 Å². The summed E-state index contributed by atoms with van der Waals surface area (Å²) in [5.74, 6) is -1.70. The molecule has 4 atom stereocenters. The van der Waals surface area contributed by atoms with Crippen LogP contribution in [0.2, 0.25) is 0 Å². The van der Waals surface area contributed by atoms with Crippen molar-refractivity contribution >= 4 is 0 Å². The minimum atomic E-state index is -1.70. The van der Waals surface area contributed by atoms with Gasteiger partial charge in [-0.15, -0.1) is 0 Å². The molecule has 0 aromatic carbocycles. The first-order valence-corrected chi connectivity index (χ1v) is 3.80. The summed E-state index contributed by atoms with van der Waals surface area (Å²) in [6.45, 7) is -0.501. The lowest BCUT2D eigenvalue weighted by Crippen LogP contribution is -2.60. The molecule has 2 heterocycles. The molecule has 13 heavy (non-hydrogen) atoms. The molecule has 2 aliphatic heterocycles. The second kappa shape index (κ2) is 2.85. The van der Waals surface area contributed by atoms with Crippen LogP contribution in [-0.4, -0.2) is 57.4 Å². The van der Waals surface area contributed by atoms with Crippen molar-refractivity contribution in [3.8, 4) is 0 Å². The van der Waals surface area contributed by atoms with Crippen LogP contribution < -0.4 is 0 Å². The van der Waals surface area contributed by atoms with Crippen LogP contribution in [0.1, 0.15) is 0 Å². The average molecular weight is 194 g/mol. The first-order chi connectivity index (χ1) is 6.10. The minimum absolute atomic E-state index is 0.501. The Hall–Kier alpha value is -0.280. The Kier molecular flexibility index (Phi) is 2.04. The summed E-state index contributed by atoms with van der Waals surface area (Å²) in [6, 6.07) is 0. The van der Waals surface area contributed by atoms with Gasteiger partial charge in [-0.25, -0.2) is 0 Å². The zero-order valence-electron chi connectivity index (χ0n) is 6.53. The van der Waals surface area contributed by atoms with E-state index in [4.69, 9.17) is 9.84 Å². The van der Waals surface area contributed by atoms with E-state index in [-0.39, 0.29) is 0 Å². The van der Waals surface area contributed by atoms with Gasteiger partial charge in [0.25, 0.3) is 0 Å². The molecule has 0 radical (unpaired) electrons. The van der Waals surface area contributed by atoms with E-state index in [1.165, 1.54) is 0 Å². The quantitative estimate of drug-likeness (QED) is 0.261. The van der Waals surface area contributed by atoms with E-state index < -0.39 is 37.0 Å². The fourth-order valence-corrected chi connectivity index (χ4v) is 1.29. The summed E-state index contributed by atoms with van der Waals surface area (Å²) in [6.07, 6.45) is -5.34. The van der Waals surface area contributed by atoms with E-state index in [1.54, 1.807) is 0 Å². The van der Waals surface area contributed by atoms with Gasteiger partial charge in [0.2, 0.25) is 0 Å². The Bertz CT molecular complexity index is 201. The highest BCUT2D eigenvalue weighted by atomic mass is 17.5. The molecule has 0 unspecified atom stereocenters. The lowest BCUT2D eigenvalue weighted by atomic mass is 9.98. The van der Waals surface area contributed by atoms with Crippen LogP contribution in [0, 0.1) is 0 Å². The van der Waals surface area contributed by atoms with Gasteiger partial charge in [0.1, 0.15) is 18.3 Å². The standard InChI is InChI=1S/C6H10O7/c7-1-2-3(8)4(9)5(10)6(11-2)12-13-6/h2-5,7-10H,1H2/t2-,3-,4+,5+/m1/s1. The second-order valence-electron chi connectivity index (χ2n) is 3.04. The average Bonchev–Trinajstić information content (AvgIpc) is 2.90. The molecule has 1 spiro atoms. The van der Waals surface area contributed by atoms with E-state index in [0.29, 0.717) is 0 Å². The molecule has 2 fully saturated rings. The van der Waals surface area contributed by atoms with Crippen molar-refractivity contribution in [2.45, 2.75) is 30.4 Å². The molecule has 7 nitrogen and oxygen atoms in total. The van der Waals surface area contributed by atoms with Gasteiger partial charge >= 0.3 is 5.97 Å². The normalized spacial score (nSPS) is 48.0. The highest BCUT2D eigenvalue weighted by Gasteiger charge is 2.66. The highest BCUT2D eigenvalue weighted by molar-refractivity contribution is 4.94. The summed E-state index contributed by atoms with van der Waals surface area (Å²) < 4.78 is 4.87. The minimum Gasteiger partial charge on any atom is -0.394 e. The summed E-state index contributed by atoms with van der Waals surface area (Å²) in [5.41, 5.74) is 0. The lowest BCUT2D eigenvalue weighted by molar-refractivity contribution is -0.278. The second-order valence-corrected chi connectivity index (χ2v) is 3.04. The van der Waals surface area contributed by atoms with Crippen molar-refractivity contribution in [3.63, 3.8) is 0 Å². The Morgan fingerprint density at radius 3 is 2.15 bits per heavy atom. The smallest absolute Gasteiger partial charge is 0.369 e. The molecule has 4 N–H and O–H groups in total. The van der Waals surface area contributed by atoms with Crippen LogP contribution in [0.4, 0.5) is 0 Å². The zero-order chi connectivity index (χ0) is 9.64. The maximum Gasteiger partial charge on any atom is 0.369 e. The Morgan fingerprint density at radius 1 is 1.08 bits per heavy atom. The van der Waals surface area contributed by atoms with Crippen molar-refractivity contribution in [2.24, 2.45) is 0 Å². The van der Waals surface area contributed by atoms with Gasteiger partial charge in [0.15, 0.2) is 6.10 Å². The Labute approximate surface area is 73.0 Å². The third-order valence-corrected chi connectivity index (χ3v) is 2.16. The van der Waals surface area contributed by atoms with Crippen LogP contribution >= 0.6 is 0 Å². The van der Waals surface area contributed by atoms with E-state index in [1.807, 2.05) is 0 Å². The van der Waals surface area contributed by atoms with Crippen molar-refractivity contribution in [2.75, 3.05) is 6.61 Å². The molecule has 2 rings (SSSR count). The molecule has 0 bridgehead atoms. The fourth-order valence-electron chi connectivity index (χ4n) is 1.29. The van der Waals surface area contributed by atoms with Crippen molar-refractivity contribution < 1.29 is 34.9 Å². The number of rotatable bonds is 1. The SMILES string of the molecule is OC[C@H]1OC2(OO2)[C@@H](O)[C@@H](O)[C@@H]1O. The summed E-state index contributed by atoms with van der Waals surface area (Å²) in [5, 5.41) is 36.6. The largest absolute Gasteiger partial charge is 0.394 e. The number of hydrogen-bond acceptors (Lipinski definition) is 7. The molecule has 76 valence electrons. The molecule has 2 saturated heterocycles. The third-order valence-electron chi connectivity index (χ3n) is 2.16. The van der Waals surface area contributed by atoms with Gasteiger partial charge in [-0.1, -0.05) is 0 Å². The maximum absolute atomic E-state index is 9.29. The number of ether oxygens (including phenoxy) is 1. The van der Waals surface area contributed by atoms with E-state index in [2.05, 4.69) is 9.78 Å². The number of aliphatic hydroxyl groups excluding tert-OH is 4. The molecular formula is C6H10O7. The molecule has 0 amide bonds. The van der Waals surface area contributed by atoms with Gasteiger partial charge in [-0.3, -0.25) is 0 Å². The Morgan fingerprint density at radius 2 is 1.69 bits per heavy atom. The van der Waals surface area contributed by atoms with E-state index in [9.17, 15) is 15.3 Å². The molecular weight excluding hydrogens is 184 g/mol. The van der Waals surface area contributed by atoms with Crippen LogP contribution in [-0.2, 0) is 14.5 Å². The zero-order valence-corrected chi connectivity index (χ0v) is 6.53. The van der Waals surface area contributed by atoms with Gasteiger partial charge in [-0.2, -0.15) is 9.78 Å². The van der Waals surface area contributed by atoms with Crippen LogP contribution in [0.15, 0.2) is 0 Å². The third kappa shape index (κ3) is 1.25. The molecule has 0 aromatic rings. The molecule has 7 heteroatoms. The van der Waals surface area contributed by atoms with Crippen LogP contribution in [0.3, 0.4) is 0 Å². The number of aliphatic hydroxyl groups is 4. The van der Waals surface area contributed by atoms with Crippen LogP contribution in [0.5, 0.6) is 0 Å². The topological polar surface area (TPSA) is 115 Å². The molecule has 0 saturated carbocycles. The summed E-state index contributed by atoms with van der Waals surface area (Å²) >= 11 is 0. The summed E-state index contributed by atoms with van der Waals surface area (Å²) in [7, 11) is 0. The van der Waals surface area contributed by atoms with Crippen molar-refractivity contribution in [1.29, 1.82) is 0 Å². The van der Waals surface area contributed by atoms with Gasteiger partial charge in [0, 0.05) is 0 Å². The van der Waals surface area contributed by atoms with E-state index >= 15 is 0 Å². The Balaban J connectivity index is 2.13. The molecule has 0 aromatic heterocycles. The first-order valence-electron chi connectivity index (χ1n) is 3.80. The number of hydrogen-bond donors (Lipinski definition) is 4. The molecule has 0 aliphatic carbocycles. The predicted octanol–water partition coefficient (Wildman–Crippen LogP) is -2.92. The first kappa shape index (κ1) is 9.28. The van der Waals surface area contributed by atoms with Gasteiger partial charge in [-0.05, 0) is 0 Å². The maximum atomic E-state index is 9.29. The monoisotopic (exact) mass is 194 g/mol. The lowest BCUT2D eigenvalue weighted by Gasteiger charge is -2.35. The van der Waals surface area contributed by atoms with E-state index in [0.717, 1.165) is 0 Å². The van der Waals surface area contributed by atoms with Crippen molar-refractivity contribution in [1.82, 2.24) is 0 Å². The summed E-state index contributed by atoms with van der Waals surface area (Å²) in [4.78, 5) is 8.69. The fraction of sp³-hybridized carbons (Fsp3) is 1.00. The predicted molar refractivity (Wildman–Crippen MR) is 34.9 cm³/mol. The molecule has 2 aliphatic rings. The highest BCUT2D eigenvalue weighted by Crippen LogP contribution is 2.41.